The second-order valence-corrected chi connectivity index (χ2v) is 4.46. The third-order valence-electron chi connectivity index (χ3n) is 2.74. The van der Waals surface area contributed by atoms with Gasteiger partial charge < -0.3 is 5.11 Å². The SMILES string of the molecule is C=C(Cl)CN1CC(CO)CCC1C. The Kier molecular flexibility index (Phi) is 4.23. The Bertz CT molecular complexity index is 184. The van der Waals surface area contributed by atoms with Gasteiger partial charge in [0.05, 0.1) is 0 Å². The van der Waals surface area contributed by atoms with E-state index in [0.717, 1.165) is 25.9 Å². The first kappa shape index (κ1) is 11.0. The van der Waals surface area contributed by atoms with Crippen LogP contribution in [0.3, 0.4) is 0 Å². The molecule has 3 heteroatoms. The summed E-state index contributed by atoms with van der Waals surface area (Å²) in [4.78, 5) is 2.29. The highest BCUT2D eigenvalue weighted by atomic mass is 35.5. The maximum absolute atomic E-state index is 9.05. The van der Waals surface area contributed by atoms with E-state index in [4.69, 9.17) is 16.7 Å². The van der Waals surface area contributed by atoms with Gasteiger partial charge in [-0.25, -0.2) is 0 Å². The summed E-state index contributed by atoms with van der Waals surface area (Å²) in [6.45, 7) is 7.88. The van der Waals surface area contributed by atoms with Crippen LogP contribution >= 0.6 is 11.6 Å². The average molecular weight is 204 g/mol. The van der Waals surface area contributed by atoms with Gasteiger partial charge >= 0.3 is 0 Å². The van der Waals surface area contributed by atoms with E-state index >= 15 is 0 Å². The minimum Gasteiger partial charge on any atom is -0.396 e. The minimum absolute atomic E-state index is 0.290. The van der Waals surface area contributed by atoms with Crippen LogP contribution in [0, 0.1) is 5.92 Å². The lowest BCUT2D eigenvalue weighted by atomic mass is 9.94. The summed E-state index contributed by atoms with van der Waals surface area (Å²) < 4.78 is 0. The molecule has 1 fully saturated rings. The largest absolute Gasteiger partial charge is 0.396 e. The molecule has 13 heavy (non-hydrogen) atoms. The number of halogens is 1. The van der Waals surface area contributed by atoms with Crippen molar-refractivity contribution in [1.82, 2.24) is 4.90 Å². The van der Waals surface area contributed by atoms with E-state index < -0.39 is 0 Å². The van der Waals surface area contributed by atoms with Crippen LogP contribution in [0.5, 0.6) is 0 Å². The second kappa shape index (κ2) is 4.99. The van der Waals surface area contributed by atoms with E-state index in [1.807, 2.05) is 0 Å². The van der Waals surface area contributed by atoms with Crippen molar-refractivity contribution in [2.75, 3.05) is 19.7 Å². The van der Waals surface area contributed by atoms with E-state index in [0.29, 0.717) is 17.0 Å². The smallest absolute Gasteiger partial charge is 0.0471 e. The zero-order valence-corrected chi connectivity index (χ0v) is 8.93. The van der Waals surface area contributed by atoms with E-state index in [9.17, 15) is 0 Å². The van der Waals surface area contributed by atoms with Crippen molar-refractivity contribution in [1.29, 1.82) is 0 Å². The summed E-state index contributed by atoms with van der Waals surface area (Å²) in [5.41, 5.74) is 0. The predicted octanol–water partition coefficient (Wildman–Crippen LogP) is 1.83. The van der Waals surface area contributed by atoms with Crippen molar-refractivity contribution in [2.24, 2.45) is 5.92 Å². The third kappa shape index (κ3) is 3.29. The number of piperidine rings is 1. The highest BCUT2D eigenvalue weighted by molar-refractivity contribution is 6.29. The molecule has 76 valence electrons. The van der Waals surface area contributed by atoms with Crippen LogP contribution in [-0.4, -0.2) is 35.7 Å². The molecule has 0 aromatic rings. The number of aliphatic hydroxyl groups is 1. The van der Waals surface area contributed by atoms with Gasteiger partial charge in [-0.3, -0.25) is 4.90 Å². The number of hydrogen-bond acceptors (Lipinski definition) is 2. The molecule has 0 amide bonds. The predicted molar refractivity (Wildman–Crippen MR) is 55.8 cm³/mol. The fraction of sp³-hybridized carbons (Fsp3) is 0.800. The van der Waals surface area contributed by atoms with Gasteiger partial charge in [-0.2, -0.15) is 0 Å². The van der Waals surface area contributed by atoms with Gasteiger partial charge in [0.1, 0.15) is 0 Å². The first-order valence-electron chi connectivity index (χ1n) is 4.81. The van der Waals surface area contributed by atoms with Crippen LogP contribution in [0.25, 0.3) is 0 Å². The molecular formula is C10H18ClNO. The number of aliphatic hydroxyl groups excluding tert-OH is 1. The van der Waals surface area contributed by atoms with E-state index in [2.05, 4.69) is 18.4 Å². The Balaban J connectivity index is 2.44. The van der Waals surface area contributed by atoms with E-state index in [-0.39, 0.29) is 6.61 Å². The van der Waals surface area contributed by atoms with Crippen molar-refractivity contribution in [3.8, 4) is 0 Å². The van der Waals surface area contributed by atoms with E-state index in [1.54, 1.807) is 0 Å². The highest BCUT2D eigenvalue weighted by Crippen LogP contribution is 2.22. The van der Waals surface area contributed by atoms with Crippen molar-refractivity contribution in [3.05, 3.63) is 11.6 Å². The van der Waals surface area contributed by atoms with Gasteiger partial charge in [-0.1, -0.05) is 18.2 Å². The summed E-state index contributed by atoms with van der Waals surface area (Å²) in [5.74, 6) is 0.423. The van der Waals surface area contributed by atoms with Gasteiger partial charge in [0, 0.05) is 30.8 Å². The van der Waals surface area contributed by atoms with E-state index in [1.165, 1.54) is 0 Å². The third-order valence-corrected chi connectivity index (χ3v) is 2.86. The second-order valence-electron chi connectivity index (χ2n) is 3.92. The lowest BCUT2D eigenvalue weighted by Gasteiger charge is -2.37. The standard InChI is InChI=1S/C10H18ClNO/c1-8(11)5-12-6-10(7-13)4-3-9(12)2/h9-10,13H,1,3-7H2,2H3. The molecule has 0 bridgehead atoms. The molecule has 2 unspecified atom stereocenters. The lowest BCUT2D eigenvalue weighted by Crippen LogP contribution is -2.43. The Labute approximate surface area is 85.2 Å². The molecule has 0 saturated carbocycles. The summed E-state index contributed by atoms with van der Waals surface area (Å²) in [6, 6.07) is 0.568. The molecule has 2 nitrogen and oxygen atoms in total. The van der Waals surface area contributed by atoms with Gasteiger partial charge in [0.15, 0.2) is 0 Å². The lowest BCUT2D eigenvalue weighted by molar-refractivity contribution is 0.0916. The van der Waals surface area contributed by atoms with Crippen LogP contribution in [-0.2, 0) is 0 Å². The average Bonchev–Trinajstić information content (AvgIpc) is 2.08. The molecule has 0 spiro atoms. The maximum atomic E-state index is 9.05. The number of likely N-dealkylation sites (tertiary alicyclic amines) is 1. The zero-order chi connectivity index (χ0) is 9.84. The zero-order valence-electron chi connectivity index (χ0n) is 8.17. The summed E-state index contributed by atoms with van der Waals surface area (Å²) in [7, 11) is 0. The van der Waals surface area contributed by atoms with Crippen LogP contribution in [0.4, 0.5) is 0 Å². The monoisotopic (exact) mass is 203 g/mol. The molecule has 1 heterocycles. The number of hydrogen-bond donors (Lipinski definition) is 1. The molecule has 1 aliphatic rings. The Hall–Kier alpha value is -0.0500. The molecule has 1 saturated heterocycles. The maximum Gasteiger partial charge on any atom is 0.0471 e. The summed E-state index contributed by atoms with van der Waals surface area (Å²) >= 11 is 5.77. The molecule has 0 aromatic heterocycles. The summed E-state index contributed by atoms with van der Waals surface area (Å²) in [5, 5.41) is 9.73. The normalized spacial score (nSPS) is 30.4. The Morgan fingerprint density at radius 2 is 2.31 bits per heavy atom. The fourth-order valence-corrected chi connectivity index (χ4v) is 2.01. The Morgan fingerprint density at radius 3 is 2.85 bits per heavy atom. The van der Waals surface area contributed by atoms with Crippen molar-refractivity contribution in [2.45, 2.75) is 25.8 Å². The Morgan fingerprint density at radius 1 is 1.62 bits per heavy atom. The molecule has 1 rings (SSSR count). The minimum atomic E-state index is 0.290. The van der Waals surface area contributed by atoms with Crippen molar-refractivity contribution < 1.29 is 5.11 Å². The van der Waals surface area contributed by atoms with Crippen LogP contribution in [0.15, 0.2) is 11.6 Å². The molecule has 1 aliphatic heterocycles. The van der Waals surface area contributed by atoms with Gasteiger partial charge in [0.2, 0.25) is 0 Å². The topological polar surface area (TPSA) is 23.5 Å². The van der Waals surface area contributed by atoms with Crippen LogP contribution in [0.2, 0.25) is 0 Å². The van der Waals surface area contributed by atoms with Gasteiger partial charge in [-0.15, -0.1) is 0 Å². The molecule has 0 aliphatic carbocycles. The fourth-order valence-electron chi connectivity index (χ4n) is 1.85. The van der Waals surface area contributed by atoms with Crippen molar-refractivity contribution >= 4 is 11.6 Å². The molecular weight excluding hydrogens is 186 g/mol. The molecule has 0 aromatic carbocycles. The number of nitrogens with zero attached hydrogens (tertiary/aromatic N) is 1. The molecule has 0 radical (unpaired) electrons. The number of rotatable bonds is 3. The molecule has 1 N–H and O–H groups in total. The van der Waals surface area contributed by atoms with Gasteiger partial charge in [0.25, 0.3) is 0 Å². The first-order chi connectivity index (χ1) is 6.13. The van der Waals surface area contributed by atoms with Crippen molar-refractivity contribution in [3.63, 3.8) is 0 Å². The quantitative estimate of drug-likeness (QED) is 0.757. The first-order valence-corrected chi connectivity index (χ1v) is 5.19. The summed E-state index contributed by atoms with van der Waals surface area (Å²) in [6.07, 6.45) is 2.28. The van der Waals surface area contributed by atoms with Crippen LogP contribution < -0.4 is 0 Å². The van der Waals surface area contributed by atoms with Gasteiger partial charge in [-0.05, 0) is 25.7 Å². The van der Waals surface area contributed by atoms with Crippen LogP contribution in [0.1, 0.15) is 19.8 Å². The highest BCUT2D eigenvalue weighted by Gasteiger charge is 2.24. The molecule has 2 atom stereocenters.